The monoisotopic (exact) mass is 394 g/mol. The van der Waals surface area contributed by atoms with Gasteiger partial charge in [0, 0.05) is 28.9 Å². The van der Waals surface area contributed by atoms with Crippen molar-refractivity contribution in [2.45, 2.75) is 37.5 Å². The number of carbonyl (C=O) groups is 1. The summed E-state index contributed by atoms with van der Waals surface area (Å²) in [5.41, 5.74) is 0. The van der Waals surface area contributed by atoms with Crippen LogP contribution in [-0.2, 0) is 0 Å². The number of aromatic nitrogens is 1. The fourth-order valence-corrected chi connectivity index (χ4v) is 5.52. The molecule has 6 heteroatoms. The third kappa shape index (κ3) is 3.16. The number of fused-ring (bicyclic) bond motifs is 3. The van der Waals surface area contributed by atoms with Crippen molar-refractivity contribution in [2.24, 2.45) is 5.92 Å². The van der Waals surface area contributed by atoms with E-state index >= 15 is 0 Å². The van der Waals surface area contributed by atoms with Gasteiger partial charge in [-0.3, -0.25) is 4.79 Å². The normalized spacial score (nSPS) is 27.0. The van der Waals surface area contributed by atoms with Gasteiger partial charge in [0.15, 0.2) is 0 Å². The lowest BCUT2D eigenvalue weighted by molar-refractivity contribution is -0.0709. The number of pyridine rings is 1. The quantitative estimate of drug-likeness (QED) is 0.735. The summed E-state index contributed by atoms with van der Waals surface area (Å²) in [6, 6.07) is 15.8. The topological polar surface area (TPSA) is 62.7 Å². The second-order valence-electron chi connectivity index (χ2n) is 7.63. The second kappa shape index (κ2) is 7.18. The van der Waals surface area contributed by atoms with Crippen molar-refractivity contribution >= 4 is 27.3 Å². The summed E-state index contributed by atoms with van der Waals surface area (Å²) in [7, 11) is 0. The van der Waals surface area contributed by atoms with E-state index in [9.17, 15) is 9.90 Å². The molecule has 3 heterocycles. The molecule has 1 saturated heterocycles. The first-order valence-electron chi connectivity index (χ1n) is 9.74. The minimum absolute atomic E-state index is 0.0345. The highest BCUT2D eigenvalue weighted by molar-refractivity contribution is 7.20. The molecule has 0 spiro atoms. The van der Waals surface area contributed by atoms with Gasteiger partial charge in [-0.15, -0.1) is 11.3 Å². The number of ether oxygens (including phenoxy) is 1. The highest BCUT2D eigenvalue weighted by atomic mass is 32.1. The molecular formula is C22H22N2O3S. The third-order valence-corrected chi connectivity index (χ3v) is 7.04. The van der Waals surface area contributed by atoms with Gasteiger partial charge in [0.2, 0.25) is 5.88 Å². The van der Waals surface area contributed by atoms with Crippen LogP contribution in [-0.4, -0.2) is 45.7 Å². The van der Waals surface area contributed by atoms with Crippen molar-refractivity contribution in [3.8, 4) is 5.88 Å². The molecule has 144 valence electrons. The number of rotatable bonds is 3. The lowest BCUT2D eigenvalue weighted by atomic mass is 9.76. The predicted octanol–water partition coefficient (Wildman–Crippen LogP) is 3.73. The Morgan fingerprint density at radius 3 is 2.86 bits per heavy atom. The fourth-order valence-electron chi connectivity index (χ4n) is 4.50. The number of aliphatic hydroxyl groups is 1. The smallest absolute Gasteiger partial charge is 0.264 e. The number of thiophene rings is 1. The predicted molar refractivity (Wildman–Crippen MR) is 109 cm³/mol. The summed E-state index contributed by atoms with van der Waals surface area (Å²) in [5, 5.41) is 11.6. The molecule has 2 fully saturated rings. The van der Waals surface area contributed by atoms with Gasteiger partial charge in [0.25, 0.3) is 5.91 Å². The molecule has 0 radical (unpaired) electrons. The summed E-state index contributed by atoms with van der Waals surface area (Å²) in [6.07, 6.45) is 3.37. The van der Waals surface area contributed by atoms with E-state index in [0.29, 0.717) is 18.8 Å². The molecule has 1 aromatic carbocycles. The number of piperidine rings is 1. The maximum absolute atomic E-state index is 13.4. The molecule has 0 unspecified atom stereocenters. The van der Waals surface area contributed by atoms with Crippen LogP contribution < -0.4 is 4.74 Å². The van der Waals surface area contributed by atoms with Crippen molar-refractivity contribution < 1.29 is 14.6 Å². The maximum atomic E-state index is 13.4. The SMILES string of the molecule is O=C(c1cc2ccccc2s1)N1C[C@H](Oc2ccccn2)[C@H]2C[C@@H]1CC[C@H]2O. The summed E-state index contributed by atoms with van der Waals surface area (Å²) >= 11 is 1.54. The molecule has 5 rings (SSSR count). The number of likely N-dealkylation sites (tertiary alicyclic amines) is 1. The van der Waals surface area contributed by atoms with Crippen molar-refractivity contribution in [3.05, 3.63) is 59.6 Å². The van der Waals surface area contributed by atoms with E-state index in [1.165, 1.54) is 0 Å². The molecule has 1 aliphatic heterocycles. The van der Waals surface area contributed by atoms with Crippen LogP contribution in [0.4, 0.5) is 0 Å². The fraction of sp³-hybridized carbons (Fsp3) is 0.364. The molecule has 28 heavy (non-hydrogen) atoms. The molecule has 2 aliphatic rings. The Morgan fingerprint density at radius 1 is 1.18 bits per heavy atom. The molecule has 2 aromatic heterocycles. The van der Waals surface area contributed by atoms with Crippen molar-refractivity contribution in [3.63, 3.8) is 0 Å². The van der Waals surface area contributed by atoms with Crippen LogP contribution >= 0.6 is 11.3 Å². The van der Waals surface area contributed by atoms with Crippen molar-refractivity contribution in [1.29, 1.82) is 0 Å². The third-order valence-electron chi connectivity index (χ3n) is 5.94. The first-order chi connectivity index (χ1) is 13.7. The van der Waals surface area contributed by atoms with E-state index in [0.717, 1.165) is 27.8 Å². The molecule has 1 amide bonds. The van der Waals surface area contributed by atoms with Crippen LogP contribution in [0.15, 0.2) is 54.7 Å². The maximum Gasteiger partial charge on any atom is 0.264 e. The first-order valence-corrected chi connectivity index (χ1v) is 10.6. The van der Waals surface area contributed by atoms with Gasteiger partial charge in [-0.1, -0.05) is 24.3 Å². The molecule has 1 aliphatic carbocycles. The minimum atomic E-state index is -0.383. The minimum Gasteiger partial charge on any atom is -0.472 e. The molecule has 3 aromatic rings. The standard InChI is InChI=1S/C22H22N2O3S/c25-17-9-8-15-12-16(17)18(27-21-7-3-4-10-23-21)13-24(15)22(26)20-11-14-5-1-2-6-19(14)28-20/h1-7,10-11,15-18,25H,8-9,12-13H2/t15-,16-,17+,18-/m0/s1. The Labute approximate surface area is 167 Å². The van der Waals surface area contributed by atoms with E-state index in [2.05, 4.69) is 4.98 Å². The Balaban J connectivity index is 1.42. The lowest BCUT2D eigenvalue weighted by Crippen LogP contribution is -2.59. The van der Waals surface area contributed by atoms with E-state index < -0.39 is 0 Å². The molecular weight excluding hydrogens is 372 g/mol. The number of benzene rings is 1. The van der Waals surface area contributed by atoms with Crippen LogP contribution in [0, 0.1) is 5.92 Å². The Hall–Kier alpha value is -2.44. The zero-order valence-electron chi connectivity index (χ0n) is 15.4. The zero-order valence-corrected chi connectivity index (χ0v) is 16.2. The van der Waals surface area contributed by atoms with Crippen LogP contribution in [0.2, 0.25) is 0 Å². The van der Waals surface area contributed by atoms with Crippen molar-refractivity contribution in [2.75, 3.05) is 6.54 Å². The van der Waals surface area contributed by atoms with Crippen LogP contribution in [0.25, 0.3) is 10.1 Å². The molecule has 2 bridgehead atoms. The van der Waals surface area contributed by atoms with Gasteiger partial charge >= 0.3 is 0 Å². The number of hydrogen-bond acceptors (Lipinski definition) is 5. The number of carbonyl (C=O) groups excluding carboxylic acids is 1. The highest BCUT2D eigenvalue weighted by Gasteiger charge is 2.45. The largest absolute Gasteiger partial charge is 0.472 e. The average Bonchev–Trinajstić information content (AvgIpc) is 3.16. The van der Waals surface area contributed by atoms with Gasteiger partial charge < -0.3 is 14.7 Å². The van der Waals surface area contributed by atoms with E-state index in [1.54, 1.807) is 17.5 Å². The van der Waals surface area contributed by atoms with E-state index in [4.69, 9.17) is 4.74 Å². The highest BCUT2D eigenvalue weighted by Crippen LogP contribution is 2.38. The van der Waals surface area contributed by atoms with E-state index in [-0.39, 0.29) is 30.1 Å². The second-order valence-corrected chi connectivity index (χ2v) is 8.71. The first kappa shape index (κ1) is 17.6. The Morgan fingerprint density at radius 2 is 2.04 bits per heavy atom. The number of aliphatic hydroxyl groups excluding tert-OH is 1. The van der Waals surface area contributed by atoms with Crippen molar-refractivity contribution in [1.82, 2.24) is 9.88 Å². The molecule has 5 nitrogen and oxygen atoms in total. The Kier molecular flexibility index (Phi) is 4.53. The van der Waals surface area contributed by atoms with Gasteiger partial charge in [0.1, 0.15) is 6.10 Å². The lowest BCUT2D eigenvalue weighted by Gasteiger charge is -2.48. The summed E-state index contributed by atoms with van der Waals surface area (Å²) < 4.78 is 7.25. The molecule has 4 atom stereocenters. The Bertz CT molecular complexity index is 957. The van der Waals surface area contributed by atoms with Crippen LogP contribution in [0.5, 0.6) is 5.88 Å². The summed E-state index contributed by atoms with van der Waals surface area (Å²) in [5.74, 6) is 0.640. The summed E-state index contributed by atoms with van der Waals surface area (Å²) in [4.78, 5) is 20.3. The van der Waals surface area contributed by atoms with Crippen LogP contribution in [0.3, 0.4) is 0 Å². The summed E-state index contributed by atoms with van der Waals surface area (Å²) in [6.45, 7) is 0.482. The molecule has 1 saturated carbocycles. The zero-order chi connectivity index (χ0) is 19.1. The number of amides is 1. The van der Waals surface area contributed by atoms with E-state index in [1.807, 2.05) is 53.4 Å². The number of nitrogens with zero attached hydrogens (tertiary/aromatic N) is 2. The van der Waals surface area contributed by atoms with Gasteiger partial charge in [0.05, 0.1) is 17.5 Å². The van der Waals surface area contributed by atoms with Gasteiger partial charge in [-0.2, -0.15) is 0 Å². The average molecular weight is 394 g/mol. The number of hydrogen-bond donors (Lipinski definition) is 1. The molecule has 1 N–H and O–H groups in total. The van der Waals surface area contributed by atoms with Crippen LogP contribution in [0.1, 0.15) is 28.9 Å². The van der Waals surface area contributed by atoms with Gasteiger partial charge in [-0.25, -0.2) is 4.98 Å². The van der Waals surface area contributed by atoms with Gasteiger partial charge in [-0.05, 0) is 42.8 Å².